The van der Waals surface area contributed by atoms with Crippen LogP contribution in [-0.2, 0) is 4.74 Å². The van der Waals surface area contributed by atoms with Crippen LogP contribution in [-0.4, -0.2) is 23.7 Å². The molecule has 4 heteroatoms. The fraction of sp³-hybridized carbons (Fsp3) is 0.222. The number of rotatable bonds is 6. The van der Waals surface area contributed by atoms with E-state index in [9.17, 15) is 14.7 Å². The molecule has 0 saturated carbocycles. The van der Waals surface area contributed by atoms with E-state index in [2.05, 4.69) is 0 Å². The highest BCUT2D eigenvalue weighted by Crippen LogP contribution is 2.27. The number of ether oxygens (including phenoxy) is 1. The van der Waals surface area contributed by atoms with Crippen molar-refractivity contribution in [2.75, 3.05) is 6.61 Å². The Labute approximate surface area is 129 Å². The van der Waals surface area contributed by atoms with Gasteiger partial charge in [-0.15, -0.1) is 0 Å². The molecule has 0 saturated heterocycles. The summed E-state index contributed by atoms with van der Waals surface area (Å²) in [4.78, 5) is 23.8. The number of unbranched alkanes of at least 4 members (excludes halogenated alkanes) is 1. The van der Waals surface area contributed by atoms with Gasteiger partial charge in [-0.2, -0.15) is 0 Å². The first-order valence-corrected chi connectivity index (χ1v) is 7.24. The molecule has 0 spiro atoms. The number of carboxylic acid groups (broad SMARTS) is 1. The van der Waals surface area contributed by atoms with Crippen LogP contribution in [0.4, 0.5) is 0 Å². The van der Waals surface area contributed by atoms with E-state index in [0.717, 1.165) is 18.4 Å². The van der Waals surface area contributed by atoms with Crippen LogP contribution in [0.2, 0.25) is 0 Å². The summed E-state index contributed by atoms with van der Waals surface area (Å²) in [5.41, 5.74) is 1.43. The second-order valence-electron chi connectivity index (χ2n) is 4.89. The molecule has 0 fully saturated rings. The Morgan fingerprint density at radius 1 is 1.05 bits per heavy atom. The predicted molar refractivity (Wildman–Crippen MR) is 84.0 cm³/mol. The second kappa shape index (κ2) is 7.41. The Bertz CT molecular complexity index is 662. The van der Waals surface area contributed by atoms with Crippen LogP contribution in [0, 0.1) is 0 Å². The first-order valence-electron chi connectivity index (χ1n) is 7.24. The van der Waals surface area contributed by atoms with E-state index in [1.165, 1.54) is 6.07 Å². The van der Waals surface area contributed by atoms with Gasteiger partial charge in [-0.05, 0) is 23.6 Å². The molecule has 0 aliphatic heterocycles. The van der Waals surface area contributed by atoms with Crippen LogP contribution in [0.25, 0.3) is 11.1 Å². The normalized spacial score (nSPS) is 10.2. The molecular weight excluding hydrogens is 280 g/mol. The van der Waals surface area contributed by atoms with Crippen LogP contribution in [0.15, 0.2) is 48.5 Å². The summed E-state index contributed by atoms with van der Waals surface area (Å²) in [5.74, 6) is -1.73. The van der Waals surface area contributed by atoms with Crippen molar-refractivity contribution in [3.05, 3.63) is 59.7 Å². The molecule has 0 amide bonds. The average Bonchev–Trinajstić information content (AvgIpc) is 2.55. The molecule has 4 nitrogen and oxygen atoms in total. The van der Waals surface area contributed by atoms with E-state index in [-0.39, 0.29) is 17.7 Å². The lowest BCUT2D eigenvalue weighted by Gasteiger charge is -2.12. The summed E-state index contributed by atoms with van der Waals surface area (Å²) in [6.45, 7) is 2.28. The lowest BCUT2D eigenvalue weighted by molar-refractivity contribution is 0.0490. The maximum Gasteiger partial charge on any atom is 0.339 e. The minimum Gasteiger partial charge on any atom is -0.478 e. The van der Waals surface area contributed by atoms with Crippen LogP contribution in [0.1, 0.15) is 40.5 Å². The largest absolute Gasteiger partial charge is 0.478 e. The second-order valence-corrected chi connectivity index (χ2v) is 4.89. The van der Waals surface area contributed by atoms with Gasteiger partial charge in [0.15, 0.2) is 0 Å². The average molecular weight is 298 g/mol. The topological polar surface area (TPSA) is 63.6 Å². The zero-order chi connectivity index (χ0) is 15.9. The fourth-order valence-corrected chi connectivity index (χ4v) is 2.19. The Morgan fingerprint density at radius 3 is 2.41 bits per heavy atom. The third-order valence-electron chi connectivity index (χ3n) is 3.31. The van der Waals surface area contributed by atoms with Gasteiger partial charge in [0.05, 0.1) is 17.7 Å². The lowest BCUT2D eigenvalue weighted by atomic mass is 9.95. The van der Waals surface area contributed by atoms with Gasteiger partial charge >= 0.3 is 11.9 Å². The van der Waals surface area contributed by atoms with Gasteiger partial charge < -0.3 is 9.84 Å². The summed E-state index contributed by atoms with van der Waals surface area (Å²) in [6, 6.07) is 14.0. The minimum atomic E-state index is -1.14. The minimum absolute atomic E-state index is 0.0390. The number of carboxylic acids is 1. The summed E-state index contributed by atoms with van der Waals surface area (Å²) in [6.07, 6.45) is 1.65. The third-order valence-corrected chi connectivity index (χ3v) is 3.31. The Kier molecular flexibility index (Phi) is 5.31. The molecule has 0 unspecified atom stereocenters. The summed E-state index contributed by atoms with van der Waals surface area (Å²) >= 11 is 0. The maximum atomic E-state index is 12.4. The van der Waals surface area contributed by atoms with E-state index in [4.69, 9.17) is 4.74 Å². The first kappa shape index (κ1) is 15.8. The zero-order valence-corrected chi connectivity index (χ0v) is 12.4. The van der Waals surface area contributed by atoms with Crippen molar-refractivity contribution in [2.24, 2.45) is 0 Å². The highest BCUT2D eigenvalue weighted by atomic mass is 16.5. The Balaban J connectivity index is 2.48. The van der Waals surface area contributed by atoms with Crippen LogP contribution >= 0.6 is 0 Å². The molecule has 0 aromatic heterocycles. The van der Waals surface area contributed by atoms with Crippen LogP contribution in [0.3, 0.4) is 0 Å². The van der Waals surface area contributed by atoms with E-state index < -0.39 is 11.9 Å². The Morgan fingerprint density at radius 2 is 1.77 bits per heavy atom. The van der Waals surface area contributed by atoms with E-state index in [1.807, 2.05) is 37.3 Å². The van der Waals surface area contributed by atoms with Crippen molar-refractivity contribution >= 4 is 11.9 Å². The van der Waals surface area contributed by atoms with Gasteiger partial charge in [0.25, 0.3) is 0 Å². The molecule has 0 bridgehead atoms. The molecule has 0 aliphatic rings. The van der Waals surface area contributed by atoms with Gasteiger partial charge in [0.1, 0.15) is 0 Å². The summed E-state index contributed by atoms with van der Waals surface area (Å²) in [5, 5.41) is 9.35. The molecule has 2 rings (SSSR count). The van der Waals surface area contributed by atoms with Gasteiger partial charge in [-0.1, -0.05) is 55.8 Å². The molecule has 114 valence electrons. The monoisotopic (exact) mass is 298 g/mol. The number of hydrogen-bond donors (Lipinski definition) is 1. The predicted octanol–water partition coefficient (Wildman–Crippen LogP) is 4.01. The SMILES string of the molecule is CCCCOC(=O)c1c(C(=O)O)cccc1-c1ccccc1. The van der Waals surface area contributed by atoms with Gasteiger partial charge in [0, 0.05) is 0 Å². The van der Waals surface area contributed by atoms with E-state index >= 15 is 0 Å². The van der Waals surface area contributed by atoms with Gasteiger partial charge in [-0.3, -0.25) is 0 Å². The van der Waals surface area contributed by atoms with Crippen molar-refractivity contribution in [1.82, 2.24) is 0 Å². The molecule has 22 heavy (non-hydrogen) atoms. The number of carbonyl (C=O) groups is 2. The van der Waals surface area contributed by atoms with Crippen molar-refractivity contribution in [1.29, 1.82) is 0 Å². The standard InChI is InChI=1S/C18H18O4/c1-2-3-12-22-18(21)16-14(13-8-5-4-6-9-13)10-7-11-15(16)17(19)20/h4-11H,2-3,12H2,1H3,(H,19,20). The Hall–Kier alpha value is -2.62. The number of aromatic carboxylic acids is 1. The van der Waals surface area contributed by atoms with E-state index in [1.54, 1.807) is 12.1 Å². The van der Waals surface area contributed by atoms with Crippen molar-refractivity contribution < 1.29 is 19.4 Å². The summed E-state index contributed by atoms with van der Waals surface area (Å²) < 4.78 is 5.22. The number of benzene rings is 2. The molecule has 0 heterocycles. The molecule has 0 aliphatic carbocycles. The quantitative estimate of drug-likeness (QED) is 0.646. The van der Waals surface area contributed by atoms with Crippen molar-refractivity contribution in [3.63, 3.8) is 0 Å². The third kappa shape index (κ3) is 3.52. The molecular formula is C18H18O4. The number of carbonyl (C=O) groups excluding carboxylic acids is 1. The highest BCUT2D eigenvalue weighted by Gasteiger charge is 2.22. The van der Waals surface area contributed by atoms with Crippen molar-refractivity contribution in [2.45, 2.75) is 19.8 Å². The van der Waals surface area contributed by atoms with Crippen molar-refractivity contribution in [3.8, 4) is 11.1 Å². The zero-order valence-electron chi connectivity index (χ0n) is 12.4. The molecule has 0 radical (unpaired) electrons. The summed E-state index contributed by atoms with van der Waals surface area (Å²) in [7, 11) is 0. The van der Waals surface area contributed by atoms with Crippen LogP contribution in [0.5, 0.6) is 0 Å². The maximum absolute atomic E-state index is 12.4. The molecule has 2 aromatic rings. The fourth-order valence-electron chi connectivity index (χ4n) is 2.19. The number of esters is 1. The highest BCUT2D eigenvalue weighted by molar-refractivity contribution is 6.07. The lowest BCUT2D eigenvalue weighted by Crippen LogP contribution is -2.14. The molecule has 0 atom stereocenters. The van der Waals surface area contributed by atoms with Crippen LogP contribution < -0.4 is 0 Å². The number of hydrogen-bond acceptors (Lipinski definition) is 3. The van der Waals surface area contributed by atoms with Gasteiger partial charge in [0.2, 0.25) is 0 Å². The van der Waals surface area contributed by atoms with E-state index in [0.29, 0.717) is 5.56 Å². The first-order chi connectivity index (χ1) is 10.6. The molecule has 2 aromatic carbocycles. The van der Waals surface area contributed by atoms with Gasteiger partial charge in [-0.25, -0.2) is 9.59 Å². The smallest absolute Gasteiger partial charge is 0.339 e. The molecule has 1 N–H and O–H groups in total.